The largest absolute Gasteiger partial charge is 0.497 e. The highest BCUT2D eigenvalue weighted by Crippen LogP contribution is 2.25. The van der Waals surface area contributed by atoms with Crippen molar-refractivity contribution in [1.82, 2.24) is 4.90 Å². The van der Waals surface area contributed by atoms with Crippen LogP contribution in [0.4, 0.5) is 0 Å². The summed E-state index contributed by atoms with van der Waals surface area (Å²) in [5.41, 5.74) is 0.562. The lowest BCUT2D eigenvalue weighted by Gasteiger charge is -2.31. The van der Waals surface area contributed by atoms with Crippen LogP contribution in [0.25, 0.3) is 0 Å². The minimum absolute atomic E-state index is 0.0224. The highest BCUT2D eigenvalue weighted by atomic mass is 35.5. The molecule has 0 saturated carbocycles. The number of carbonyl (C=O) groups excluding carboxylic acids is 1. The van der Waals surface area contributed by atoms with Crippen molar-refractivity contribution in [2.75, 3.05) is 20.2 Å². The minimum Gasteiger partial charge on any atom is -0.497 e. The zero-order valence-electron chi connectivity index (χ0n) is 10.8. The Labute approximate surface area is 113 Å². The molecular formula is C14H18ClNO2. The summed E-state index contributed by atoms with van der Waals surface area (Å²) in [7, 11) is 1.58. The Morgan fingerprint density at radius 2 is 2.28 bits per heavy atom. The highest BCUT2D eigenvalue weighted by molar-refractivity contribution is 6.34. The van der Waals surface area contributed by atoms with Gasteiger partial charge in [-0.1, -0.05) is 18.5 Å². The number of halogens is 1. The molecule has 0 aromatic heterocycles. The van der Waals surface area contributed by atoms with Crippen molar-refractivity contribution in [3.05, 3.63) is 28.8 Å². The number of amides is 1. The molecule has 2 rings (SSSR count). The fourth-order valence-electron chi connectivity index (χ4n) is 2.34. The van der Waals surface area contributed by atoms with Gasteiger partial charge in [0.1, 0.15) is 5.75 Å². The maximum atomic E-state index is 12.4. The molecule has 0 bridgehead atoms. The summed E-state index contributed by atoms with van der Waals surface area (Å²) >= 11 is 6.13. The second-order valence-electron chi connectivity index (χ2n) is 4.84. The summed E-state index contributed by atoms with van der Waals surface area (Å²) in [6, 6.07) is 5.19. The Kier molecular flexibility index (Phi) is 4.12. The van der Waals surface area contributed by atoms with E-state index in [2.05, 4.69) is 6.92 Å². The number of piperidine rings is 1. The van der Waals surface area contributed by atoms with Crippen molar-refractivity contribution in [3.63, 3.8) is 0 Å². The van der Waals surface area contributed by atoms with E-state index in [0.29, 0.717) is 22.3 Å². The smallest absolute Gasteiger partial charge is 0.255 e. The third kappa shape index (κ3) is 2.78. The van der Waals surface area contributed by atoms with Gasteiger partial charge < -0.3 is 9.64 Å². The van der Waals surface area contributed by atoms with Crippen molar-refractivity contribution >= 4 is 17.5 Å². The van der Waals surface area contributed by atoms with E-state index in [1.165, 1.54) is 6.42 Å². The SMILES string of the molecule is COc1ccc(C(=O)N2CCCC(C)C2)c(Cl)c1. The first-order valence-corrected chi connectivity index (χ1v) is 6.62. The molecule has 1 amide bonds. The number of rotatable bonds is 2. The van der Waals surface area contributed by atoms with Crippen LogP contribution in [0.3, 0.4) is 0 Å². The molecule has 1 heterocycles. The summed E-state index contributed by atoms with van der Waals surface area (Å²) in [5.74, 6) is 1.26. The van der Waals surface area contributed by atoms with Gasteiger partial charge >= 0.3 is 0 Å². The van der Waals surface area contributed by atoms with Gasteiger partial charge in [-0.05, 0) is 37.0 Å². The molecule has 1 saturated heterocycles. The first kappa shape index (κ1) is 13.2. The highest BCUT2D eigenvalue weighted by Gasteiger charge is 2.23. The molecule has 1 unspecified atom stereocenters. The molecule has 0 aliphatic carbocycles. The third-order valence-electron chi connectivity index (χ3n) is 3.35. The molecule has 1 aliphatic rings. The summed E-state index contributed by atoms with van der Waals surface area (Å²) in [5, 5.41) is 0.456. The first-order chi connectivity index (χ1) is 8.61. The van der Waals surface area contributed by atoms with Gasteiger partial charge in [-0.3, -0.25) is 4.79 Å². The fraction of sp³-hybridized carbons (Fsp3) is 0.500. The molecule has 18 heavy (non-hydrogen) atoms. The normalized spacial score (nSPS) is 19.7. The molecule has 0 N–H and O–H groups in total. The van der Waals surface area contributed by atoms with Crippen molar-refractivity contribution in [2.24, 2.45) is 5.92 Å². The number of hydrogen-bond acceptors (Lipinski definition) is 2. The maximum Gasteiger partial charge on any atom is 0.255 e. The Bertz CT molecular complexity index is 447. The molecule has 1 aliphatic heterocycles. The Hall–Kier alpha value is -1.22. The van der Waals surface area contributed by atoms with Crippen LogP contribution in [-0.4, -0.2) is 31.0 Å². The number of methoxy groups -OCH3 is 1. The number of nitrogens with zero attached hydrogens (tertiary/aromatic N) is 1. The van der Waals surface area contributed by atoms with Gasteiger partial charge in [-0.25, -0.2) is 0 Å². The van der Waals surface area contributed by atoms with Crippen LogP contribution in [0.15, 0.2) is 18.2 Å². The van der Waals surface area contributed by atoms with Crippen molar-refractivity contribution in [2.45, 2.75) is 19.8 Å². The van der Waals surface area contributed by atoms with E-state index in [1.54, 1.807) is 25.3 Å². The Morgan fingerprint density at radius 1 is 1.50 bits per heavy atom. The number of ether oxygens (including phenoxy) is 1. The van der Waals surface area contributed by atoms with Crippen LogP contribution in [0.5, 0.6) is 5.75 Å². The van der Waals surface area contributed by atoms with Gasteiger partial charge in [0.15, 0.2) is 0 Å². The third-order valence-corrected chi connectivity index (χ3v) is 3.66. The number of benzene rings is 1. The lowest BCUT2D eigenvalue weighted by Crippen LogP contribution is -2.39. The summed E-state index contributed by atoms with van der Waals surface area (Å²) in [6.45, 7) is 3.82. The van der Waals surface area contributed by atoms with Gasteiger partial charge in [-0.2, -0.15) is 0 Å². The van der Waals surface area contributed by atoms with Crippen LogP contribution in [-0.2, 0) is 0 Å². The average molecular weight is 268 g/mol. The maximum absolute atomic E-state index is 12.4. The molecule has 98 valence electrons. The molecule has 1 aromatic rings. The lowest BCUT2D eigenvalue weighted by atomic mass is 9.99. The van der Waals surface area contributed by atoms with Crippen LogP contribution in [0, 0.1) is 5.92 Å². The summed E-state index contributed by atoms with van der Waals surface area (Å²) in [4.78, 5) is 14.3. The van der Waals surface area contributed by atoms with E-state index in [9.17, 15) is 4.79 Å². The van der Waals surface area contributed by atoms with E-state index in [-0.39, 0.29) is 5.91 Å². The molecule has 0 radical (unpaired) electrons. The molecule has 1 aromatic carbocycles. The molecule has 4 heteroatoms. The van der Waals surface area contributed by atoms with Gasteiger partial charge in [0.05, 0.1) is 17.7 Å². The Balaban J connectivity index is 2.17. The Morgan fingerprint density at radius 3 is 2.89 bits per heavy atom. The second kappa shape index (κ2) is 5.61. The van der Waals surface area contributed by atoms with Crippen molar-refractivity contribution < 1.29 is 9.53 Å². The first-order valence-electron chi connectivity index (χ1n) is 6.24. The minimum atomic E-state index is 0.0224. The molecule has 3 nitrogen and oxygen atoms in total. The van der Waals surface area contributed by atoms with Gasteiger partial charge in [-0.15, -0.1) is 0 Å². The topological polar surface area (TPSA) is 29.5 Å². The van der Waals surface area contributed by atoms with Crippen LogP contribution < -0.4 is 4.74 Å². The standard InChI is InChI=1S/C14H18ClNO2/c1-10-4-3-7-16(9-10)14(17)12-6-5-11(18-2)8-13(12)15/h5-6,8,10H,3-4,7,9H2,1-2H3. The summed E-state index contributed by atoms with van der Waals surface area (Å²) in [6.07, 6.45) is 2.26. The molecule has 0 spiro atoms. The van der Waals surface area contributed by atoms with Crippen molar-refractivity contribution in [3.8, 4) is 5.75 Å². The van der Waals surface area contributed by atoms with E-state index in [4.69, 9.17) is 16.3 Å². The second-order valence-corrected chi connectivity index (χ2v) is 5.25. The van der Waals surface area contributed by atoms with E-state index < -0.39 is 0 Å². The van der Waals surface area contributed by atoms with Gasteiger partial charge in [0.25, 0.3) is 5.91 Å². The van der Waals surface area contributed by atoms with E-state index >= 15 is 0 Å². The van der Waals surface area contributed by atoms with E-state index in [0.717, 1.165) is 19.5 Å². The number of hydrogen-bond donors (Lipinski definition) is 0. The average Bonchev–Trinajstić information content (AvgIpc) is 2.37. The van der Waals surface area contributed by atoms with Gasteiger partial charge in [0.2, 0.25) is 0 Å². The zero-order chi connectivity index (χ0) is 13.1. The molecule has 1 fully saturated rings. The zero-order valence-corrected chi connectivity index (χ0v) is 11.5. The van der Waals surface area contributed by atoms with E-state index in [1.807, 2.05) is 4.90 Å². The van der Waals surface area contributed by atoms with Crippen LogP contribution >= 0.6 is 11.6 Å². The van der Waals surface area contributed by atoms with Crippen LogP contribution in [0.1, 0.15) is 30.1 Å². The molecular weight excluding hydrogens is 250 g/mol. The van der Waals surface area contributed by atoms with Crippen LogP contribution in [0.2, 0.25) is 5.02 Å². The number of likely N-dealkylation sites (tertiary alicyclic amines) is 1. The molecule has 1 atom stereocenters. The summed E-state index contributed by atoms with van der Waals surface area (Å²) < 4.78 is 5.08. The predicted molar refractivity (Wildman–Crippen MR) is 72.3 cm³/mol. The number of carbonyl (C=O) groups is 1. The predicted octanol–water partition coefficient (Wildman–Crippen LogP) is 3.22. The quantitative estimate of drug-likeness (QED) is 0.823. The lowest BCUT2D eigenvalue weighted by molar-refractivity contribution is 0.0683. The monoisotopic (exact) mass is 267 g/mol. The van der Waals surface area contributed by atoms with Crippen molar-refractivity contribution in [1.29, 1.82) is 0 Å². The van der Waals surface area contributed by atoms with Gasteiger partial charge in [0, 0.05) is 13.1 Å². The fourth-order valence-corrected chi connectivity index (χ4v) is 2.59.